The summed E-state index contributed by atoms with van der Waals surface area (Å²) in [6.07, 6.45) is 7.19. The molecule has 218 valence electrons. The van der Waals surface area contributed by atoms with Gasteiger partial charge in [-0.15, -0.1) is 0 Å². The van der Waals surface area contributed by atoms with Crippen LogP contribution in [0.3, 0.4) is 0 Å². The van der Waals surface area contributed by atoms with Gasteiger partial charge in [-0.05, 0) is 92.5 Å². The van der Waals surface area contributed by atoms with E-state index in [2.05, 4.69) is 20.9 Å². The molecule has 1 aliphatic carbocycles. The molecule has 9 nitrogen and oxygen atoms in total. The number of benzene rings is 2. The molecule has 3 aromatic heterocycles. The smallest absolute Gasteiger partial charge is 0.275 e. The maximum absolute atomic E-state index is 13.9. The van der Waals surface area contributed by atoms with Gasteiger partial charge in [0.2, 0.25) is 5.91 Å². The lowest BCUT2D eigenvalue weighted by molar-refractivity contribution is -0.117. The van der Waals surface area contributed by atoms with Crippen molar-refractivity contribution in [1.82, 2.24) is 24.8 Å². The van der Waals surface area contributed by atoms with E-state index in [1.54, 1.807) is 67.3 Å². The summed E-state index contributed by atoms with van der Waals surface area (Å²) in [6, 6.07) is 18.6. The third kappa shape index (κ3) is 5.96. The molecule has 2 amide bonds. The molecule has 3 N–H and O–H groups in total. The van der Waals surface area contributed by atoms with E-state index in [4.69, 9.17) is 0 Å². The molecule has 1 atom stereocenters. The van der Waals surface area contributed by atoms with Crippen LogP contribution in [0.5, 0.6) is 0 Å². The summed E-state index contributed by atoms with van der Waals surface area (Å²) < 4.78 is 17.2. The summed E-state index contributed by atoms with van der Waals surface area (Å²) in [5, 5.41) is 9.37. The standard InChI is InChI=1S/C33H31FN6O3/c1-20(35-2)31(41)38-28-9-11-30(22-4-3-5-24(15-22)32(42)37-26-7-8-26)40(33(28)43)19-21-14-27(18-36-17-21)39-13-12-23-16-25(34)6-10-29(23)39/h3-6,9-18,20,26,35H,7-8,19H2,1-2H3,(H,37,42)(H,38,41). The van der Waals surface area contributed by atoms with Gasteiger partial charge in [0.1, 0.15) is 11.5 Å². The van der Waals surface area contributed by atoms with Gasteiger partial charge in [-0.25, -0.2) is 4.39 Å². The fourth-order valence-corrected chi connectivity index (χ4v) is 4.98. The minimum Gasteiger partial charge on any atom is -0.349 e. The number of carbonyl (C=O) groups excluding carboxylic acids is 2. The van der Waals surface area contributed by atoms with E-state index in [1.165, 1.54) is 12.1 Å². The monoisotopic (exact) mass is 578 g/mol. The number of rotatable bonds is 9. The summed E-state index contributed by atoms with van der Waals surface area (Å²) >= 11 is 0. The average Bonchev–Trinajstić information content (AvgIpc) is 3.74. The average molecular weight is 579 g/mol. The quantitative estimate of drug-likeness (QED) is 0.239. The molecule has 2 aromatic carbocycles. The van der Waals surface area contributed by atoms with Crippen molar-refractivity contribution in [3.05, 3.63) is 113 Å². The fraction of sp³-hybridized carbons (Fsp3) is 0.212. The van der Waals surface area contributed by atoms with Crippen molar-refractivity contribution in [3.63, 3.8) is 0 Å². The van der Waals surface area contributed by atoms with E-state index in [0.29, 0.717) is 16.8 Å². The van der Waals surface area contributed by atoms with E-state index in [0.717, 1.165) is 35.0 Å². The number of likely N-dealkylation sites (N-methyl/N-ethyl adjacent to an activating group) is 1. The highest BCUT2D eigenvalue weighted by atomic mass is 19.1. The number of fused-ring (bicyclic) bond motifs is 1. The molecule has 0 saturated heterocycles. The van der Waals surface area contributed by atoms with Crippen LogP contribution in [-0.4, -0.2) is 45.1 Å². The first-order valence-corrected chi connectivity index (χ1v) is 14.1. The normalized spacial score (nSPS) is 13.6. The number of hydrogen-bond acceptors (Lipinski definition) is 5. The highest BCUT2D eigenvalue weighted by Crippen LogP contribution is 2.25. The van der Waals surface area contributed by atoms with Gasteiger partial charge >= 0.3 is 0 Å². The Balaban J connectivity index is 1.40. The number of hydrogen-bond donors (Lipinski definition) is 3. The summed E-state index contributed by atoms with van der Waals surface area (Å²) in [7, 11) is 1.67. The van der Waals surface area contributed by atoms with Crippen molar-refractivity contribution < 1.29 is 14.0 Å². The number of carbonyl (C=O) groups is 2. The van der Waals surface area contributed by atoms with E-state index in [9.17, 15) is 18.8 Å². The second-order valence-corrected chi connectivity index (χ2v) is 10.8. The molecule has 3 heterocycles. The minimum absolute atomic E-state index is 0.140. The lowest BCUT2D eigenvalue weighted by Crippen LogP contribution is -2.37. The number of nitrogens with zero attached hydrogens (tertiary/aromatic N) is 3. The number of nitrogens with one attached hydrogen (secondary N) is 3. The van der Waals surface area contributed by atoms with Crippen LogP contribution in [0.25, 0.3) is 27.8 Å². The van der Waals surface area contributed by atoms with Gasteiger partial charge in [0, 0.05) is 29.4 Å². The molecule has 5 aromatic rings. The van der Waals surface area contributed by atoms with Crippen molar-refractivity contribution in [2.24, 2.45) is 0 Å². The number of amides is 2. The first-order valence-electron chi connectivity index (χ1n) is 14.1. The number of anilines is 1. The van der Waals surface area contributed by atoms with Gasteiger partial charge in [0.05, 0.1) is 35.7 Å². The lowest BCUT2D eigenvalue weighted by Gasteiger charge is -2.17. The molecule has 1 fully saturated rings. The maximum atomic E-state index is 13.9. The molecular weight excluding hydrogens is 547 g/mol. The predicted octanol–water partition coefficient (Wildman–Crippen LogP) is 4.48. The molecule has 1 saturated carbocycles. The molecule has 10 heteroatoms. The van der Waals surface area contributed by atoms with Gasteiger partial charge in [0.15, 0.2) is 0 Å². The predicted molar refractivity (Wildman–Crippen MR) is 164 cm³/mol. The van der Waals surface area contributed by atoms with Crippen LogP contribution >= 0.6 is 0 Å². The van der Waals surface area contributed by atoms with Crippen molar-refractivity contribution in [2.75, 3.05) is 12.4 Å². The zero-order valence-electron chi connectivity index (χ0n) is 23.8. The van der Waals surface area contributed by atoms with Crippen LogP contribution in [0, 0.1) is 5.82 Å². The highest BCUT2D eigenvalue weighted by Gasteiger charge is 2.24. The molecular formula is C33H31FN6O3. The van der Waals surface area contributed by atoms with Crippen LogP contribution in [0.4, 0.5) is 10.1 Å². The third-order valence-electron chi connectivity index (χ3n) is 7.64. The van der Waals surface area contributed by atoms with Crippen LogP contribution < -0.4 is 21.5 Å². The zero-order valence-corrected chi connectivity index (χ0v) is 23.8. The van der Waals surface area contributed by atoms with Crippen molar-refractivity contribution in [2.45, 2.75) is 38.4 Å². The highest BCUT2D eigenvalue weighted by molar-refractivity contribution is 5.96. The second-order valence-electron chi connectivity index (χ2n) is 10.8. The molecule has 43 heavy (non-hydrogen) atoms. The van der Waals surface area contributed by atoms with Crippen molar-refractivity contribution in [3.8, 4) is 16.9 Å². The van der Waals surface area contributed by atoms with E-state index >= 15 is 0 Å². The molecule has 0 spiro atoms. The molecule has 0 aliphatic heterocycles. The van der Waals surface area contributed by atoms with E-state index in [-0.39, 0.29) is 35.9 Å². The Bertz CT molecular complexity index is 1910. The Morgan fingerprint density at radius 3 is 2.67 bits per heavy atom. The minimum atomic E-state index is -0.500. The van der Waals surface area contributed by atoms with Crippen LogP contribution in [0.15, 0.2) is 90.1 Å². The van der Waals surface area contributed by atoms with Gasteiger partial charge < -0.3 is 25.1 Å². The number of pyridine rings is 2. The van der Waals surface area contributed by atoms with Crippen molar-refractivity contribution >= 4 is 28.4 Å². The summed E-state index contributed by atoms with van der Waals surface area (Å²) in [6.45, 7) is 1.85. The summed E-state index contributed by atoms with van der Waals surface area (Å²) in [4.78, 5) is 43.7. The van der Waals surface area contributed by atoms with E-state index in [1.807, 2.05) is 29.0 Å². The van der Waals surface area contributed by atoms with Crippen LogP contribution in [0.1, 0.15) is 35.7 Å². The number of aromatic nitrogens is 3. The Labute approximate surface area is 247 Å². The Hall–Kier alpha value is -5.09. The Morgan fingerprint density at radius 2 is 1.88 bits per heavy atom. The SMILES string of the molecule is CNC(C)C(=O)Nc1ccc(-c2cccc(C(=O)NC3CC3)c2)n(Cc2cncc(-n3ccc4cc(F)ccc43)c2)c1=O. The lowest BCUT2D eigenvalue weighted by atomic mass is 10.1. The fourth-order valence-electron chi connectivity index (χ4n) is 4.98. The van der Waals surface area contributed by atoms with Crippen LogP contribution in [0.2, 0.25) is 0 Å². The third-order valence-corrected chi connectivity index (χ3v) is 7.64. The summed E-state index contributed by atoms with van der Waals surface area (Å²) in [5.41, 5.74) is 3.82. The number of halogens is 1. The van der Waals surface area contributed by atoms with Gasteiger partial charge in [0.25, 0.3) is 11.5 Å². The zero-order chi connectivity index (χ0) is 30.1. The van der Waals surface area contributed by atoms with Gasteiger partial charge in [-0.2, -0.15) is 0 Å². The molecule has 0 radical (unpaired) electrons. The Kier molecular flexibility index (Phi) is 7.60. The van der Waals surface area contributed by atoms with Crippen LogP contribution in [-0.2, 0) is 11.3 Å². The van der Waals surface area contributed by atoms with Gasteiger partial charge in [-0.3, -0.25) is 19.4 Å². The molecule has 0 bridgehead atoms. The molecule has 1 unspecified atom stereocenters. The topological polar surface area (TPSA) is 110 Å². The Morgan fingerprint density at radius 1 is 1.05 bits per heavy atom. The largest absolute Gasteiger partial charge is 0.349 e. The first kappa shape index (κ1) is 28.0. The molecule has 1 aliphatic rings. The maximum Gasteiger partial charge on any atom is 0.275 e. The molecule has 6 rings (SSSR count). The first-order chi connectivity index (χ1) is 20.8. The van der Waals surface area contributed by atoms with Crippen molar-refractivity contribution in [1.29, 1.82) is 0 Å². The van der Waals surface area contributed by atoms with Gasteiger partial charge in [-0.1, -0.05) is 12.1 Å². The van der Waals surface area contributed by atoms with E-state index < -0.39 is 11.6 Å². The second kappa shape index (κ2) is 11.7. The summed E-state index contributed by atoms with van der Waals surface area (Å²) in [5.74, 6) is -0.801.